The number of nitrogens with one attached hydrogen (secondary N) is 1. The largest absolute Gasteiger partial charge is 0.493 e. The summed E-state index contributed by atoms with van der Waals surface area (Å²) < 4.78 is 31.0. The number of hydrogen-bond donors (Lipinski definition) is 1. The predicted molar refractivity (Wildman–Crippen MR) is 73.2 cm³/mol. The Morgan fingerprint density at radius 3 is 2.85 bits per heavy atom. The highest BCUT2D eigenvalue weighted by atomic mass is 19.1. The van der Waals surface area contributed by atoms with Gasteiger partial charge in [0.05, 0.1) is 25.9 Å². The highest BCUT2D eigenvalue weighted by Crippen LogP contribution is 2.45. The van der Waals surface area contributed by atoms with Crippen molar-refractivity contribution in [1.29, 1.82) is 0 Å². The van der Waals surface area contributed by atoms with E-state index in [0.29, 0.717) is 24.7 Å². The van der Waals surface area contributed by atoms with Crippen molar-refractivity contribution in [2.75, 3.05) is 26.9 Å². The van der Waals surface area contributed by atoms with Gasteiger partial charge in [0.2, 0.25) is 0 Å². The van der Waals surface area contributed by atoms with E-state index in [1.165, 1.54) is 13.2 Å². The van der Waals surface area contributed by atoms with Crippen LogP contribution in [0.4, 0.5) is 4.39 Å². The summed E-state index contributed by atoms with van der Waals surface area (Å²) in [7, 11) is 1.49. The van der Waals surface area contributed by atoms with Crippen molar-refractivity contribution < 1.29 is 18.6 Å². The molecule has 2 aliphatic heterocycles. The summed E-state index contributed by atoms with van der Waals surface area (Å²) in [5, 5.41) is 3.43. The SMILES string of the molecule is COc1c(F)cc2c(c1C1CCCCN1)OCCCO2. The van der Waals surface area contributed by atoms with Gasteiger partial charge >= 0.3 is 0 Å². The first-order valence-electron chi connectivity index (χ1n) is 7.20. The van der Waals surface area contributed by atoms with Gasteiger partial charge in [-0.3, -0.25) is 0 Å². The van der Waals surface area contributed by atoms with Crippen molar-refractivity contribution in [3.8, 4) is 17.2 Å². The summed E-state index contributed by atoms with van der Waals surface area (Å²) in [6.45, 7) is 2.07. The number of rotatable bonds is 2. The predicted octanol–water partition coefficient (Wildman–Crippen LogP) is 2.81. The fraction of sp³-hybridized carbons (Fsp3) is 0.600. The minimum atomic E-state index is -0.390. The van der Waals surface area contributed by atoms with Gasteiger partial charge in [-0.05, 0) is 19.4 Å². The van der Waals surface area contributed by atoms with Crippen molar-refractivity contribution >= 4 is 0 Å². The van der Waals surface area contributed by atoms with E-state index >= 15 is 0 Å². The van der Waals surface area contributed by atoms with Crippen LogP contribution in [0.25, 0.3) is 0 Å². The average Bonchev–Trinajstić information content (AvgIpc) is 2.71. The summed E-state index contributed by atoms with van der Waals surface area (Å²) in [4.78, 5) is 0. The minimum absolute atomic E-state index is 0.0600. The zero-order valence-corrected chi connectivity index (χ0v) is 11.7. The Labute approximate surface area is 118 Å². The Balaban J connectivity index is 2.09. The lowest BCUT2D eigenvalue weighted by atomic mass is 9.95. The standard InChI is InChI=1S/C15H20FNO3/c1-18-14-10(16)9-12-15(20-8-4-7-19-12)13(14)11-5-2-3-6-17-11/h9,11,17H,2-8H2,1H3. The van der Waals surface area contributed by atoms with Crippen LogP contribution in [0.5, 0.6) is 17.2 Å². The molecule has 2 aliphatic rings. The van der Waals surface area contributed by atoms with E-state index in [9.17, 15) is 4.39 Å². The van der Waals surface area contributed by atoms with Crippen molar-refractivity contribution in [2.24, 2.45) is 0 Å². The molecule has 5 heteroatoms. The second-order valence-corrected chi connectivity index (χ2v) is 5.19. The number of piperidine rings is 1. The molecule has 3 rings (SSSR count). The summed E-state index contributed by atoms with van der Waals surface area (Å²) in [6.07, 6.45) is 4.02. The number of ether oxygens (including phenoxy) is 3. The maximum absolute atomic E-state index is 14.2. The monoisotopic (exact) mass is 281 g/mol. The van der Waals surface area contributed by atoms with Crippen LogP contribution in [0.1, 0.15) is 37.3 Å². The molecular weight excluding hydrogens is 261 g/mol. The second-order valence-electron chi connectivity index (χ2n) is 5.19. The molecule has 1 atom stereocenters. The third-order valence-corrected chi connectivity index (χ3v) is 3.84. The van der Waals surface area contributed by atoms with Crippen LogP contribution in [0.15, 0.2) is 6.07 Å². The van der Waals surface area contributed by atoms with Crippen molar-refractivity contribution in [3.63, 3.8) is 0 Å². The number of benzene rings is 1. The maximum atomic E-state index is 14.2. The van der Waals surface area contributed by atoms with E-state index in [2.05, 4.69) is 5.32 Å². The van der Waals surface area contributed by atoms with Crippen LogP contribution in [-0.2, 0) is 0 Å². The molecule has 0 saturated carbocycles. The van der Waals surface area contributed by atoms with Gasteiger partial charge in [0.25, 0.3) is 0 Å². The number of hydrogen-bond acceptors (Lipinski definition) is 4. The Bertz CT molecular complexity index is 486. The van der Waals surface area contributed by atoms with Crippen molar-refractivity contribution in [2.45, 2.75) is 31.7 Å². The fourth-order valence-electron chi connectivity index (χ4n) is 2.90. The molecule has 1 saturated heterocycles. The number of methoxy groups -OCH3 is 1. The van der Waals surface area contributed by atoms with Gasteiger partial charge in [-0.25, -0.2) is 4.39 Å². The first kappa shape index (κ1) is 13.5. The maximum Gasteiger partial charge on any atom is 0.169 e. The Morgan fingerprint density at radius 2 is 2.10 bits per heavy atom. The Kier molecular flexibility index (Phi) is 3.96. The summed E-state index contributed by atoms with van der Waals surface area (Å²) in [5.41, 5.74) is 0.768. The lowest BCUT2D eigenvalue weighted by Crippen LogP contribution is -2.28. The molecule has 2 heterocycles. The Morgan fingerprint density at radius 1 is 1.25 bits per heavy atom. The topological polar surface area (TPSA) is 39.7 Å². The van der Waals surface area contributed by atoms with Crippen LogP contribution in [0, 0.1) is 5.82 Å². The Hall–Kier alpha value is -1.49. The van der Waals surface area contributed by atoms with Gasteiger partial charge < -0.3 is 19.5 Å². The van der Waals surface area contributed by atoms with Gasteiger partial charge in [-0.1, -0.05) is 6.42 Å². The second kappa shape index (κ2) is 5.87. The zero-order valence-electron chi connectivity index (χ0n) is 11.7. The van der Waals surface area contributed by atoms with Crippen LogP contribution in [0.2, 0.25) is 0 Å². The highest BCUT2D eigenvalue weighted by molar-refractivity contribution is 5.56. The van der Waals surface area contributed by atoms with Crippen LogP contribution < -0.4 is 19.5 Å². The molecule has 1 aromatic carbocycles. The van der Waals surface area contributed by atoms with Crippen LogP contribution >= 0.6 is 0 Å². The zero-order chi connectivity index (χ0) is 13.9. The third kappa shape index (κ3) is 2.42. The smallest absolute Gasteiger partial charge is 0.169 e. The first-order valence-corrected chi connectivity index (χ1v) is 7.20. The van der Waals surface area contributed by atoms with E-state index < -0.39 is 0 Å². The van der Waals surface area contributed by atoms with E-state index in [1.54, 1.807) is 0 Å². The van der Waals surface area contributed by atoms with Gasteiger partial charge in [-0.2, -0.15) is 0 Å². The molecule has 0 aromatic heterocycles. The van der Waals surface area contributed by atoms with Crippen LogP contribution in [-0.4, -0.2) is 26.9 Å². The number of fused-ring (bicyclic) bond motifs is 1. The van der Waals surface area contributed by atoms with E-state index in [1.807, 2.05) is 0 Å². The highest BCUT2D eigenvalue weighted by Gasteiger charge is 2.29. The van der Waals surface area contributed by atoms with Gasteiger partial charge in [0, 0.05) is 18.5 Å². The molecule has 0 amide bonds. The van der Waals surface area contributed by atoms with E-state index in [-0.39, 0.29) is 17.6 Å². The van der Waals surface area contributed by atoms with Gasteiger partial charge in [0.1, 0.15) is 0 Å². The summed E-state index contributed by atoms with van der Waals surface area (Å²) in [5.74, 6) is 1.01. The molecule has 1 unspecified atom stereocenters. The fourth-order valence-corrected chi connectivity index (χ4v) is 2.90. The minimum Gasteiger partial charge on any atom is -0.493 e. The quantitative estimate of drug-likeness (QED) is 0.905. The van der Waals surface area contributed by atoms with Crippen LogP contribution in [0.3, 0.4) is 0 Å². The molecule has 20 heavy (non-hydrogen) atoms. The van der Waals surface area contributed by atoms with Crippen molar-refractivity contribution in [3.05, 3.63) is 17.4 Å². The summed E-state index contributed by atoms with van der Waals surface area (Å²) >= 11 is 0. The average molecular weight is 281 g/mol. The first-order chi connectivity index (χ1) is 9.81. The van der Waals surface area contributed by atoms with Crippen molar-refractivity contribution in [1.82, 2.24) is 5.32 Å². The molecule has 1 aromatic rings. The lowest BCUT2D eigenvalue weighted by molar-refractivity contribution is 0.291. The molecular formula is C15H20FNO3. The third-order valence-electron chi connectivity index (χ3n) is 3.84. The molecule has 110 valence electrons. The molecule has 0 radical (unpaired) electrons. The van der Waals surface area contributed by atoms with Gasteiger partial charge in [-0.15, -0.1) is 0 Å². The van der Waals surface area contributed by atoms with E-state index in [0.717, 1.165) is 37.8 Å². The van der Waals surface area contributed by atoms with Gasteiger partial charge in [0.15, 0.2) is 23.1 Å². The lowest BCUT2D eigenvalue weighted by Gasteiger charge is -2.27. The molecule has 1 N–H and O–H groups in total. The number of halogens is 1. The molecule has 1 fully saturated rings. The van der Waals surface area contributed by atoms with E-state index in [4.69, 9.17) is 14.2 Å². The molecule has 4 nitrogen and oxygen atoms in total. The molecule has 0 spiro atoms. The molecule has 0 aliphatic carbocycles. The molecule has 0 bridgehead atoms. The normalized spacial score (nSPS) is 22.2. The summed E-state index contributed by atoms with van der Waals surface area (Å²) in [6, 6.07) is 1.43.